The van der Waals surface area contributed by atoms with Crippen molar-refractivity contribution in [1.29, 1.82) is 0 Å². The lowest BCUT2D eigenvalue weighted by Gasteiger charge is -2.34. The summed E-state index contributed by atoms with van der Waals surface area (Å²) in [5.74, 6) is 0.683. The number of fused-ring (bicyclic) bond motifs is 2. The standard InChI is InChI=1S/C18H23NO3/c1-17(2)12-9-10-18(17,3)15(11-12)19-22-16(20)13-7-5-6-8-14(13)21-4/h5-8,12H,9-11H2,1-4H3/b19-15+/t12-,18-/m0/s1. The van der Waals surface area contributed by atoms with Crippen molar-refractivity contribution >= 4 is 11.7 Å². The van der Waals surface area contributed by atoms with Gasteiger partial charge < -0.3 is 9.57 Å². The van der Waals surface area contributed by atoms with Gasteiger partial charge in [-0.05, 0) is 42.7 Å². The van der Waals surface area contributed by atoms with Gasteiger partial charge in [-0.3, -0.25) is 0 Å². The smallest absolute Gasteiger partial charge is 0.369 e. The summed E-state index contributed by atoms with van der Waals surface area (Å²) in [4.78, 5) is 17.5. The molecule has 0 aliphatic heterocycles. The van der Waals surface area contributed by atoms with Crippen LogP contribution in [0.2, 0.25) is 0 Å². The molecule has 0 heterocycles. The Morgan fingerprint density at radius 3 is 2.59 bits per heavy atom. The van der Waals surface area contributed by atoms with Gasteiger partial charge in [0.05, 0.1) is 12.8 Å². The van der Waals surface area contributed by atoms with Gasteiger partial charge in [0.1, 0.15) is 11.3 Å². The van der Waals surface area contributed by atoms with E-state index in [4.69, 9.17) is 9.57 Å². The highest BCUT2D eigenvalue weighted by atomic mass is 16.7. The lowest BCUT2D eigenvalue weighted by atomic mass is 9.70. The number of rotatable bonds is 3. The maximum absolute atomic E-state index is 12.2. The molecule has 0 aromatic heterocycles. The van der Waals surface area contributed by atoms with E-state index in [1.165, 1.54) is 13.5 Å². The van der Waals surface area contributed by atoms with Crippen LogP contribution in [0.25, 0.3) is 0 Å². The number of hydrogen-bond acceptors (Lipinski definition) is 4. The van der Waals surface area contributed by atoms with Crippen LogP contribution in [0, 0.1) is 16.7 Å². The average molecular weight is 301 g/mol. The number of methoxy groups -OCH3 is 1. The summed E-state index contributed by atoms with van der Waals surface area (Å²) in [7, 11) is 1.54. The zero-order valence-electron chi connectivity index (χ0n) is 13.7. The fourth-order valence-electron chi connectivity index (χ4n) is 4.03. The zero-order chi connectivity index (χ0) is 16.0. The second-order valence-corrected chi connectivity index (χ2v) is 7.11. The molecule has 1 aromatic carbocycles. The molecular formula is C18H23NO3. The van der Waals surface area contributed by atoms with E-state index >= 15 is 0 Å². The van der Waals surface area contributed by atoms with Crippen LogP contribution in [0.4, 0.5) is 0 Å². The van der Waals surface area contributed by atoms with Crippen LogP contribution in [0.3, 0.4) is 0 Å². The zero-order valence-corrected chi connectivity index (χ0v) is 13.7. The maximum Gasteiger partial charge on any atom is 0.369 e. The summed E-state index contributed by atoms with van der Waals surface area (Å²) >= 11 is 0. The fraction of sp³-hybridized carbons (Fsp3) is 0.556. The SMILES string of the molecule is COc1ccccc1C(=O)O/N=C1\C[C@@H]2CC[C@]1(C)C2(C)C. The molecular weight excluding hydrogens is 278 g/mol. The van der Waals surface area contributed by atoms with Gasteiger partial charge in [0, 0.05) is 5.41 Å². The third-order valence-corrected chi connectivity index (χ3v) is 6.08. The number of nitrogens with zero attached hydrogens (tertiary/aromatic N) is 1. The molecule has 2 fully saturated rings. The van der Waals surface area contributed by atoms with Crippen molar-refractivity contribution in [2.45, 2.75) is 40.0 Å². The van der Waals surface area contributed by atoms with Crippen molar-refractivity contribution in [2.75, 3.05) is 7.11 Å². The highest BCUT2D eigenvalue weighted by Crippen LogP contribution is 2.64. The molecule has 0 radical (unpaired) electrons. The second kappa shape index (κ2) is 5.11. The van der Waals surface area contributed by atoms with Crippen LogP contribution in [-0.4, -0.2) is 18.8 Å². The third kappa shape index (κ3) is 2.04. The summed E-state index contributed by atoms with van der Waals surface area (Å²) in [6, 6.07) is 7.04. The van der Waals surface area contributed by atoms with Crippen molar-refractivity contribution in [1.82, 2.24) is 0 Å². The van der Waals surface area contributed by atoms with Crippen molar-refractivity contribution in [3.05, 3.63) is 29.8 Å². The van der Waals surface area contributed by atoms with Crippen molar-refractivity contribution in [3.8, 4) is 5.75 Å². The average Bonchev–Trinajstić information content (AvgIpc) is 2.85. The molecule has 0 N–H and O–H groups in total. The summed E-state index contributed by atoms with van der Waals surface area (Å²) in [6.45, 7) is 6.85. The molecule has 0 saturated heterocycles. The van der Waals surface area contributed by atoms with Crippen LogP contribution in [0.5, 0.6) is 5.75 Å². The first kappa shape index (κ1) is 15.1. The van der Waals surface area contributed by atoms with Gasteiger partial charge in [0.25, 0.3) is 0 Å². The summed E-state index contributed by atoms with van der Waals surface area (Å²) in [5.41, 5.74) is 1.69. The molecule has 118 valence electrons. The first-order chi connectivity index (χ1) is 10.4. The molecule has 3 rings (SSSR count). The third-order valence-electron chi connectivity index (χ3n) is 6.08. The molecule has 1 aromatic rings. The van der Waals surface area contributed by atoms with Gasteiger partial charge in [0.2, 0.25) is 0 Å². The van der Waals surface area contributed by atoms with E-state index in [0.717, 1.165) is 18.6 Å². The number of oxime groups is 1. The highest BCUT2D eigenvalue weighted by Gasteiger charge is 2.60. The normalized spacial score (nSPS) is 30.5. The van der Waals surface area contributed by atoms with Gasteiger partial charge in [-0.2, -0.15) is 0 Å². The molecule has 2 atom stereocenters. The molecule has 0 spiro atoms. The number of para-hydroxylation sites is 1. The lowest BCUT2D eigenvalue weighted by Crippen LogP contribution is -2.32. The first-order valence-corrected chi connectivity index (χ1v) is 7.82. The molecule has 2 aliphatic carbocycles. The molecule has 2 saturated carbocycles. The Hall–Kier alpha value is -1.84. The number of benzene rings is 1. The minimum Gasteiger partial charge on any atom is -0.496 e. The Bertz CT molecular complexity index is 635. The minimum atomic E-state index is -0.464. The Kier molecular flexibility index (Phi) is 3.50. The van der Waals surface area contributed by atoms with Crippen LogP contribution < -0.4 is 4.74 Å². The Morgan fingerprint density at radius 1 is 1.27 bits per heavy atom. The summed E-state index contributed by atoms with van der Waals surface area (Å²) in [6.07, 6.45) is 3.29. The van der Waals surface area contributed by atoms with E-state index in [1.54, 1.807) is 18.2 Å². The molecule has 0 amide bonds. The summed E-state index contributed by atoms with van der Waals surface area (Å²) < 4.78 is 5.19. The van der Waals surface area contributed by atoms with Crippen LogP contribution in [0.15, 0.2) is 29.4 Å². The lowest BCUT2D eigenvalue weighted by molar-refractivity contribution is 0.0504. The highest BCUT2D eigenvalue weighted by molar-refractivity contribution is 5.96. The van der Waals surface area contributed by atoms with Crippen LogP contribution in [-0.2, 0) is 4.84 Å². The van der Waals surface area contributed by atoms with Crippen molar-refractivity contribution < 1.29 is 14.4 Å². The van der Waals surface area contributed by atoms with E-state index in [9.17, 15) is 4.79 Å². The predicted octanol–water partition coefficient (Wildman–Crippen LogP) is 4.05. The number of ether oxygens (including phenoxy) is 1. The van der Waals surface area contributed by atoms with Gasteiger partial charge >= 0.3 is 5.97 Å². The van der Waals surface area contributed by atoms with E-state index < -0.39 is 5.97 Å². The van der Waals surface area contributed by atoms with E-state index in [2.05, 4.69) is 25.9 Å². The summed E-state index contributed by atoms with van der Waals surface area (Å²) in [5, 5.41) is 4.24. The second-order valence-electron chi connectivity index (χ2n) is 7.11. The number of hydrogen-bond donors (Lipinski definition) is 0. The fourth-order valence-corrected chi connectivity index (χ4v) is 4.03. The first-order valence-electron chi connectivity index (χ1n) is 7.82. The molecule has 4 nitrogen and oxygen atoms in total. The van der Waals surface area contributed by atoms with Crippen molar-refractivity contribution in [2.24, 2.45) is 21.9 Å². The Balaban J connectivity index is 1.80. The predicted molar refractivity (Wildman–Crippen MR) is 85.1 cm³/mol. The minimum absolute atomic E-state index is 0.0404. The van der Waals surface area contributed by atoms with Gasteiger partial charge in [-0.1, -0.05) is 38.1 Å². The quantitative estimate of drug-likeness (QED) is 0.625. The van der Waals surface area contributed by atoms with Gasteiger partial charge in [-0.15, -0.1) is 0 Å². The molecule has 2 bridgehead atoms. The monoisotopic (exact) mass is 301 g/mol. The van der Waals surface area contributed by atoms with Crippen LogP contribution in [0.1, 0.15) is 50.4 Å². The van der Waals surface area contributed by atoms with Crippen LogP contribution >= 0.6 is 0 Å². The Labute approximate surface area is 131 Å². The van der Waals surface area contributed by atoms with Gasteiger partial charge in [-0.25, -0.2) is 4.79 Å². The molecule has 22 heavy (non-hydrogen) atoms. The Morgan fingerprint density at radius 2 is 2.00 bits per heavy atom. The molecule has 4 heteroatoms. The number of carbonyl (C=O) groups excluding carboxylic acids is 1. The van der Waals surface area contributed by atoms with Gasteiger partial charge in [0.15, 0.2) is 0 Å². The number of carbonyl (C=O) groups is 1. The van der Waals surface area contributed by atoms with Crippen molar-refractivity contribution in [3.63, 3.8) is 0 Å². The molecule has 2 aliphatic rings. The molecule has 0 unspecified atom stereocenters. The van der Waals surface area contributed by atoms with E-state index in [0.29, 0.717) is 17.2 Å². The van der Waals surface area contributed by atoms with E-state index in [1.807, 2.05) is 6.07 Å². The maximum atomic E-state index is 12.2. The largest absolute Gasteiger partial charge is 0.496 e. The topological polar surface area (TPSA) is 47.9 Å². The van der Waals surface area contributed by atoms with E-state index in [-0.39, 0.29) is 10.8 Å².